The number of aromatic nitrogens is 3. The minimum atomic E-state index is -0.768. The van der Waals surface area contributed by atoms with Crippen molar-refractivity contribution in [3.05, 3.63) is 17.4 Å². The lowest BCUT2D eigenvalue weighted by molar-refractivity contribution is -0.137. The Morgan fingerprint density at radius 2 is 2.43 bits per heavy atom. The highest BCUT2D eigenvalue weighted by atomic mass is 32.1. The van der Waals surface area contributed by atoms with Gasteiger partial charge in [-0.25, -0.2) is 0 Å². The molecule has 0 aliphatic heterocycles. The van der Waals surface area contributed by atoms with Crippen molar-refractivity contribution < 1.29 is 9.90 Å². The van der Waals surface area contributed by atoms with Gasteiger partial charge < -0.3 is 5.11 Å². The third kappa shape index (κ3) is 1.74. The van der Waals surface area contributed by atoms with E-state index in [0.29, 0.717) is 12.8 Å². The molecule has 5 nitrogen and oxygen atoms in total. The molecular weight excluding hydrogens is 202 g/mol. The normalized spacial score (nSPS) is 10.9. The van der Waals surface area contributed by atoms with E-state index in [-0.39, 0.29) is 6.42 Å². The van der Waals surface area contributed by atoms with Gasteiger partial charge in [-0.2, -0.15) is 0 Å². The van der Waals surface area contributed by atoms with Gasteiger partial charge in [-0.1, -0.05) is 0 Å². The maximum atomic E-state index is 10.3. The van der Waals surface area contributed by atoms with Crippen LogP contribution in [-0.2, 0) is 11.2 Å². The van der Waals surface area contributed by atoms with Crippen LogP contribution in [0.15, 0.2) is 11.6 Å². The third-order valence-electron chi connectivity index (χ3n) is 1.91. The van der Waals surface area contributed by atoms with Crippen LogP contribution >= 0.6 is 11.3 Å². The summed E-state index contributed by atoms with van der Waals surface area (Å²) < 4.78 is 1.90. The fourth-order valence-corrected chi connectivity index (χ4v) is 1.93. The maximum absolute atomic E-state index is 10.3. The summed E-state index contributed by atoms with van der Waals surface area (Å²) in [5.41, 5.74) is 0. The van der Waals surface area contributed by atoms with Crippen LogP contribution in [0.25, 0.3) is 4.96 Å². The van der Waals surface area contributed by atoms with Gasteiger partial charge in [0.05, 0.1) is 0 Å². The van der Waals surface area contributed by atoms with Crippen molar-refractivity contribution in [2.75, 3.05) is 0 Å². The fourth-order valence-electron chi connectivity index (χ4n) is 1.26. The summed E-state index contributed by atoms with van der Waals surface area (Å²) in [7, 11) is 0. The summed E-state index contributed by atoms with van der Waals surface area (Å²) in [5.74, 6) is 0.0681. The van der Waals surface area contributed by atoms with E-state index in [0.717, 1.165) is 10.8 Å². The monoisotopic (exact) mass is 211 g/mol. The van der Waals surface area contributed by atoms with Crippen molar-refractivity contribution in [2.24, 2.45) is 0 Å². The number of rotatable bonds is 4. The van der Waals surface area contributed by atoms with E-state index in [1.165, 1.54) is 11.3 Å². The summed E-state index contributed by atoms with van der Waals surface area (Å²) >= 11 is 1.52. The molecule has 0 spiro atoms. The zero-order valence-corrected chi connectivity index (χ0v) is 8.20. The van der Waals surface area contributed by atoms with E-state index >= 15 is 0 Å². The molecular formula is C8H9N3O2S. The molecule has 0 aromatic carbocycles. The number of fused-ring (bicyclic) bond motifs is 1. The van der Waals surface area contributed by atoms with Crippen LogP contribution in [0.2, 0.25) is 0 Å². The predicted molar refractivity (Wildman–Crippen MR) is 51.4 cm³/mol. The number of carbonyl (C=O) groups is 1. The maximum Gasteiger partial charge on any atom is 0.303 e. The summed E-state index contributed by atoms with van der Waals surface area (Å²) in [5, 5.41) is 18.4. The summed E-state index contributed by atoms with van der Waals surface area (Å²) in [6, 6.07) is 0. The van der Waals surface area contributed by atoms with E-state index in [4.69, 9.17) is 5.11 Å². The molecule has 1 N–H and O–H groups in total. The van der Waals surface area contributed by atoms with Crippen LogP contribution in [0.4, 0.5) is 0 Å². The predicted octanol–water partition coefficient (Wildman–Crippen LogP) is 1.20. The minimum Gasteiger partial charge on any atom is -0.481 e. The summed E-state index contributed by atoms with van der Waals surface area (Å²) in [4.78, 5) is 11.2. The number of thiazole rings is 1. The largest absolute Gasteiger partial charge is 0.481 e. The number of hydrogen-bond acceptors (Lipinski definition) is 4. The van der Waals surface area contributed by atoms with E-state index in [9.17, 15) is 4.79 Å². The van der Waals surface area contributed by atoms with E-state index in [2.05, 4.69) is 10.2 Å². The van der Waals surface area contributed by atoms with Gasteiger partial charge in [-0.3, -0.25) is 9.20 Å². The lowest BCUT2D eigenvalue weighted by Crippen LogP contribution is -1.98. The molecule has 0 atom stereocenters. The molecule has 2 rings (SSSR count). The molecule has 74 valence electrons. The second-order valence-corrected chi connectivity index (χ2v) is 3.79. The Morgan fingerprint density at radius 1 is 1.57 bits per heavy atom. The fraction of sp³-hybridized carbons (Fsp3) is 0.375. The Bertz CT molecular complexity index is 448. The topological polar surface area (TPSA) is 67.5 Å². The van der Waals surface area contributed by atoms with Gasteiger partial charge in [0.2, 0.25) is 4.96 Å². The first-order valence-corrected chi connectivity index (χ1v) is 5.14. The Balaban J connectivity index is 2.04. The molecule has 0 aliphatic carbocycles. The Hall–Kier alpha value is -1.43. The SMILES string of the molecule is O=C(O)CCCc1nnc2sccn12. The molecule has 0 saturated carbocycles. The van der Waals surface area contributed by atoms with Gasteiger partial charge in [0.25, 0.3) is 0 Å². The highest BCUT2D eigenvalue weighted by Gasteiger charge is 2.06. The smallest absolute Gasteiger partial charge is 0.303 e. The van der Waals surface area contributed by atoms with E-state index in [1.807, 2.05) is 16.0 Å². The number of aryl methyl sites for hydroxylation is 1. The first kappa shape index (κ1) is 9.14. The van der Waals surface area contributed by atoms with Crippen LogP contribution in [0.1, 0.15) is 18.7 Å². The molecule has 0 fully saturated rings. The molecule has 0 aliphatic rings. The first-order valence-electron chi connectivity index (χ1n) is 4.26. The van der Waals surface area contributed by atoms with Crippen molar-refractivity contribution in [2.45, 2.75) is 19.3 Å². The molecule has 0 amide bonds. The molecule has 0 radical (unpaired) electrons. The van der Waals surface area contributed by atoms with Gasteiger partial charge >= 0.3 is 5.97 Å². The zero-order valence-electron chi connectivity index (χ0n) is 7.38. The van der Waals surface area contributed by atoms with Crippen molar-refractivity contribution in [3.8, 4) is 0 Å². The van der Waals surface area contributed by atoms with Gasteiger partial charge in [-0.15, -0.1) is 21.5 Å². The van der Waals surface area contributed by atoms with Crippen LogP contribution < -0.4 is 0 Å². The highest BCUT2D eigenvalue weighted by molar-refractivity contribution is 7.15. The molecule has 0 bridgehead atoms. The Labute approximate surface area is 84.0 Å². The summed E-state index contributed by atoms with van der Waals surface area (Å²) in [6.07, 6.45) is 3.34. The molecule has 2 heterocycles. The van der Waals surface area contributed by atoms with Crippen molar-refractivity contribution >= 4 is 22.3 Å². The third-order valence-corrected chi connectivity index (χ3v) is 2.66. The van der Waals surface area contributed by atoms with Crippen molar-refractivity contribution in [3.63, 3.8) is 0 Å². The molecule has 0 unspecified atom stereocenters. The zero-order chi connectivity index (χ0) is 9.97. The highest BCUT2D eigenvalue weighted by Crippen LogP contribution is 2.11. The molecule has 2 aromatic heterocycles. The lowest BCUT2D eigenvalue weighted by Gasteiger charge is -1.94. The molecule has 14 heavy (non-hydrogen) atoms. The van der Waals surface area contributed by atoms with Gasteiger partial charge in [-0.05, 0) is 6.42 Å². The van der Waals surface area contributed by atoms with Crippen LogP contribution in [-0.4, -0.2) is 25.7 Å². The minimum absolute atomic E-state index is 0.180. The van der Waals surface area contributed by atoms with Crippen LogP contribution in [0, 0.1) is 0 Å². The number of aliphatic carboxylic acids is 1. The van der Waals surface area contributed by atoms with Crippen molar-refractivity contribution in [1.82, 2.24) is 14.6 Å². The van der Waals surface area contributed by atoms with Gasteiger partial charge in [0.15, 0.2) is 0 Å². The summed E-state index contributed by atoms with van der Waals surface area (Å²) in [6.45, 7) is 0. The number of carboxylic acid groups (broad SMARTS) is 1. The quantitative estimate of drug-likeness (QED) is 0.825. The van der Waals surface area contributed by atoms with E-state index < -0.39 is 5.97 Å². The number of hydrogen-bond donors (Lipinski definition) is 1. The van der Waals surface area contributed by atoms with Gasteiger partial charge in [0.1, 0.15) is 5.82 Å². The first-order chi connectivity index (χ1) is 6.77. The molecule has 0 saturated heterocycles. The average Bonchev–Trinajstić information content (AvgIpc) is 2.67. The second-order valence-electron chi connectivity index (χ2n) is 2.92. The average molecular weight is 211 g/mol. The second kappa shape index (κ2) is 3.75. The lowest BCUT2D eigenvalue weighted by atomic mass is 10.2. The van der Waals surface area contributed by atoms with Crippen LogP contribution in [0.5, 0.6) is 0 Å². The molecule has 6 heteroatoms. The van der Waals surface area contributed by atoms with Crippen molar-refractivity contribution in [1.29, 1.82) is 0 Å². The number of nitrogens with zero attached hydrogens (tertiary/aromatic N) is 3. The van der Waals surface area contributed by atoms with E-state index in [1.54, 1.807) is 0 Å². The number of carboxylic acids is 1. The van der Waals surface area contributed by atoms with Gasteiger partial charge in [0, 0.05) is 24.4 Å². The Morgan fingerprint density at radius 3 is 3.21 bits per heavy atom. The van der Waals surface area contributed by atoms with Crippen LogP contribution in [0.3, 0.4) is 0 Å². The molecule has 2 aromatic rings. The Kier molecular flexibility index (Phi) is 2.45. The standard InChI is InChI=1S/C8H9N3O2S/c12-7(13)3-1-2-6-9-10-8-11(6)4-5-14-8/h4-5H,1-3H2,(H,12,13).